The molecule has 216 valence electrons. The van der Waals surface area contributed by atoms with Gasteiger partial charge in [0.15, 0.2) is 5.60 Å². The Kier molecular flexibility index (Phi) is 11.1. The van der Waals surface area contributed by atoms with E-state index in [-0.39, 0.29) is 0 Å². The number of carbonyl (C=O) groups excluding carboxylic acids is 1. The number of aromatic nitrogens is 2. The standard InChI is InChI=1S/C31H41N3O5S/c1-9-24(10-2)28(39-31(7,8)30(35)36-11-3)21(4)13-12-17-34(20-27-32-16-18-37-27)19-25-23(6)38-29(33-25)26-15-14-22(5)40-26/h9,12-16,18H,10-11,17,19-20H2,1-8H3/b13-12+,24-9-,28-21+. The SMILES string of the molecule is C\C=C(CC)/C(OC(C)(C)C(=O)OCC)=C(C)\C=C\CN(Cc1ncco1)Cc1nc(-c2ccc(C)s2)oc1C. The van der Waals surface area contributed by atoms with E-state index in [9.17, 15) is 4.79 Å². The molecule has 0 aromatic carbocycles. The summed E-state index contributed by atoms with van der Waals surface area (Å²) in [4.78, 5) is 26.0. The number of hydrogen-bond acceptors (Lipinski definition) is 9. The molecule has 3 rings (SSSR count). The van der Waals surface area contributed by atoms with Gasteiger partial charge in [-0.05, 0) is 78.2 Å². The first-order valence-electron chi connectivity index (χ1n) is 13.6. The lowest BCUT2D eigenvalue weighted by Crippen LogP contribution is -2.37. The number of esters is 1. The number of rotatable bonds is 14. The Bertz CT molecular complexity index is 1340. The summed E-state index contributed by atoms with van der Waals surface area (Å²) in [6, 6.07) is 4.11. The number of thiophene rings is 1. The second-order valence-electron chi connectivity index (χ2n) is 9.94. The van der Waals surface area contributed by atoms with Gasteiger partial charge in [-0.3, -0.25) is 4.90 Å². The molecule has 3 aromatic heterocycles. The summed E-state index contributed by atoms with van der Waals surface area (Å²) in [7, 11) is 0. The Morgan fingerprint density at radius 2 is 1.98 bits per heavy atom. The summed E-state index contributed by atoms with van der Waals surface area (Å²) >= 11 is 1.66. The van der Waals surface area contributed by atoms with Crippen LogP contribution in [-0.2, 0) is 27.4 Å². The van der Waals surface area contributed by atoms with Crippen LogP contribution in [-0.4, -0.2) is 39.6 Å². The monoisotopic (exact) mass is 567 g/mol. The molecule has 0 bridgehead atoms. The zero-order chi connectivity index (χ0) is 29.3. The highest BCUT2D eigenvalue weighted by Gasteiger charge is 2.33. The third-order valence-electron chi connectivity index (χ3n) is 6.29. The molecule has 3 aromatic rings. The smallest absolute Gasteiger partial charge is 0.349 e. The van der Waals surface area contributed by atoms with Gasteiger partial charge >= 0.3 is 5.97 Å². The Hall–Kier alpha value is -3.43. The summed E-state index contributed by atoms with van der Waals surface area (Å²) < 4.78 is 23.1. The second kappa shape index (κ2) is 14.3. The Morgan fingerprint density at radius 1 is 1.20 bits per heavy atom. The van der Waals surface area contributed by atoms with Crippen molar-refractivity contribution in [3.05, 3.63) is 81.9 Å². The van der Waals surface area contributed by atoms with E-state index < -0.39 is 11.6 Å². The van der Waals surface area contributed by atoms with Gasteiger partial charge in [0.05, 0.1) is 29.9 Å². The first kappa shape index (κ1) is 31.1. The lowest BCUT2D eigenvalue weighted by Gasteiger charge is -2.27. The van der Waals surface area contributed by atoms with Crippen LogP contribution in [0.5, 0.6) is 0 Å². The number of carbonyl (C=O) groups is 1. The van der Waals surface area contributed by atoms with Gasteiger partial charge in [-0.2, -0.15) is 0 Å². The molecule has 0 saturated heterocycles. The van der Waals surface area contributed by atoms with Crippen LogP contribution in [0.4, 0.5) is 0 Å². The number of nitrogens with zero attached hydrogens (tertiary/aromatic N) is 3. The van der Waals surface area contributed by atoms with E-state index in [2.05, 4.69) is 35.9 Å². The summed E-state index contributed by atoms with van der Waals surface area (Å²) in [6.07, 6.45) is 10.1. The van der Waals surface area contributed by atoms with E-state index >= 15 is 0 Å². The maximum absolute atomic E-state index is 12.5. The fourth-order valence-electron chi connectivity index (χ4n) is 4.10. The largest absolute Gasteiger partial charge is 0.476 e. The molecule has 0 aliphatic heterocycles. The van der Waals surface area contributed by atoms with Crippen molar-refractivity contribution in [3.8, 4) is 10.8 Å². The summed E-state index contributed by atoms with van der Waals surface area (Å²) in [5.41, 5.74) is 1.68. The molecule has 0 saturated carbocycles. The quantitative estimate of drug-likeness (QED) is 0.112. The molecule has 0 aliphatic carbocycles. The van der Waals surface area contributed by atoms with E-state index in [1.807, 2.05) is 39.0 Å². The van der Waals surface area contributed by atoms with Crippen molar-refractivity contribution in [2.24, 2.45) is 0 Å². The molecule has 0 fully saturated rings. The molecular formula is C31H41N3O5S. The van der Waals surface area contributed by atoms with E-state index in [1.54, 1.807) is 44.6 Å². The van der Waals surface area contributed by atoms with Crippen LogP contribution in [0.2, 0.25) is 0 Å². The molecule has 0 spiro atoms. The maximum Gasteiger partial charge on any atom is 0.349 e. The van der Waals surface area contributed by atoms with E-state index in [0.29, 0.717) is 43.8 Å². The Labute approximate surface area is 241 Å². The van der Waals surface area contributed by atoms with Gasteiger partial charge in [0.25, 0.3) is 0 Å². The zero-order valence-electron chi connectivity index (χ0n) is 24.9. The average Bonchev–Trinajstić information content (AvgIpc) is 3.66. The van der Waals surface area contributed by atoms with Crippen LogP contribution in [0.3, 0.4) is 0 Å². The van der Waals surface area contributed by atoms with E-state index in [4.69, 9.17) is 23.3 Å². The van der Waals surface area contributed by atoms with Crippen LogP contribution in [0.15, 0.2) is 68.6 Å². The lowest BCUT2D eigenvalue weighted by molar-refractivity contribution is -0.163. The van der Waals surface area contributed by atoms with E-state index in [1.165, 1.54) is 4.88 Å². The molecule has 3 heterocycles. The van der Waals surface area contributed by atoms with Crippen LogP contribution in [0, 0.1) is 13.8 Å². The van der Waals surface area contributed by atoms with Crippen molar-refractivity contribution in [2.45, 2.75) is 80.5 Å². The predicted molar refractivity (Wildman–Crippen MR) is 158 cm³/mol. The molecular weight excluding hydrogens is 526 g/mol. The number of oxazole rings is 2. The number of hydrogen-bond donors (Lipinski definition) is 0. The summed E-state index contributed by atoms with van der Waals surface area (Å²) in [5, 5.41) is 0. The lowest BCUT2D eigenvalue weighted by atomic mass is 10.0. The predicted octanol–water partition coefficient (Wildman–Crippen LogP) is 7.55. The fraction of sp³-hybridized carbons (Fsp3) is 0.452. The highest BCUT2D eigenvalue weighted by Crippen LogP contribution is 2.30. The highest BCUT2D eigenvalue weighted by molar-refractivity contribution is 7.15. The minimum absolute atomic E-state index is 0.299. The zero-order valence-corrected chi connectivity index (χ0v) is 25.7. The van der Waals surface area contributed by atoms with Gasteiger partial charge in [-0.25, -0.2) is 14.8 Å². The van der Waals surface area contributed by atoms with Gasteiger partial charge in [0, 0.05) is 18.0 Å². The maximum atomic E-state index is 12.5. The van der Waals surface area contributed by atoms with Crippen molar-refractivity contribution in [1.29, 1.82) is 0 Å². The highest BCUT2D eigenvalue weighted by atomic mass is 32.1. The van der Waals surface area contributed by atoms with Gasteiger partial charge in [-0.15, -0.1) is 11.3 Å². The van der Waals surface area contributed by atoms with Gasteiger partial charge < -0.3 is 18.3 Å². The van der Waals surface area contributed by atoms with Gasteiger partial charge in [-0.1, -0.05) is 25.2 Å². The van der Waals surface area contributed by atoms with Crippen LogP contribution in [0.1, 0.15) is 70.2 Å². The molecule has 8 nitrogen and oxygen atoms in total. The molecule has 0 atom stereocenters. The van der Waals surface area contributed by atoms with Crippen molar-refractivity contribution in [1.82, 2.24) is 14.9 Å². The van der Waals surface area contributed by atoms with Crippen LogP contribution < -0.4 is 0 Å². The fourth-order valence-corrected chi connectivity index (χ4v) is 4.89. The van der Waals surface area contributed by atoms with Crippen molar-refractivity contribution < 1.29 is 23.1 Å². The Morgan fingerprint density at radius 3 is 2.58 bits per heavy atom. The minimum Gasteiger partial charge on any atom is -0.476 e. The molecule has 9 heteroatoms. The topological polar surface area (TPSA) is 90.8 Å². The van der Waals surface area contributed by atoms with Crippen molar-refractivity contribution in [2.75, 3.05) is 13.2 Å². The number of allylic oxidation sites excluding steroid dienone is 4. The van der Waals surface area contributed by atoms with Gasteiger partial charge in [0.1, 0.15) is 17.8 Å². The normalized spacial score (nSPS) is 13.3. The second-order valence-corrected chi connectivity index (χ2v) is 11.2. The van der Waals surface area contributed by atoms with Crippen LogP contribution in [0.25, 0.3) is 10.8 Å². The third kappa shape index (κ3) is 8.29. The van der Waals surface area contributed by atoms with Crippen molar-refractivity contribution >= 4 is 17.3 Å². The summed E-state index contributed by atoms with van der Waals surface area (Å²) in [6.45, 7) is 17.3. The average molecular weight is 568 g/mol. The third-order valence-corrected chi connectivity index (χ3v) is 7.28. The molecule has 0 radical (unpaired) electrons. The number of aryl methyl sites for hydroxylation is 2. The Balaban J connectivity index is 1.84. The molecule has 0 aliphatic rings. The molecule has 40 heavy (non-hydrogen) atoms. The minimum atomic E-state index is -1.12. The molecule has 0 unspecified atom stereocenters. The summed E-state index contributed by atoms with van der Waals surface area (Å²) in [5.74, 6) is 2.34. The van der Waals surface area contributed by atoms with Crippen molar-refractivity contribution in [3.63, 3.8) is 0 Å². The molecule has 0 amide bonds. The van der Waals surface area contributed by atoms with Gasteiger partial charge in [0.2, 0.25) is 11.8 Å². The number of ether oxygens (including phenoxy) is 2. The first-order valence-corrected chi connectivity index (χ1v) is 14.4. The molecule has 0 N–H and O–H groups in total. The first-order chi connectivity index (χ1) is 19.1. The van der Waals surface area contributed by atoms with E-state index in [0.717, 1.165) is 33.9 Å². The van der Waals surface area contributed by atoms with Crippen LogP contribution >= 0.6 is 11.3 Å².